The number of hydrogen-bond donors (Lipinski definition) is 0. The van der Waals surface area contributed by atoms with Gasteiger partial charge in [0.05, 0.1) is 46.0 Å². The molecule has 0 aliphatic rings. The minimum Gasteiger partial charge on any atom is -0.497 e. The normalized spacial score (nSPS) is 11.1. The van der Waals surface area contributed by atoms with Crippen molar-refractivity contribution >= 4 is 47.0 Å². The van der Waals surface area contributed by atoms with Crippen molar-refractivity contribution in [3.8, 4) is 33.8 Å². The van der Waals surface area contributed by atoms with Gasteiger partial charge >= 0.3 is 14.5 Å². The van der Waals surface area contributed by atoms with E-state index in [0.717, 1.165) is 32.7 Å². The second kappa shape index (κ2) is 20.9. The summed E-state index contributed by atoms with van der Waals surface area (Å²) in [5, 5.41) is 0.580. The summed E-state index contributed by atoms with van der Waals surface area (Å²) >= 11 is 8.81. The monoisotopic (exact) mass is 782 g/mol. The zero-order chi connectivity index (χ0) is 35.7. The average Bonchev–Trinajstić information content (AvgIpc) is 3.05. The predicted octanol–water partition coefficient (Wildman–Crippen LogP) is 11.4. The zero-order valence-electron chi connectivity index (χ0n) is 28.8. The van der Waals surface area contributed by atoms with Gasteiger partial charge in [-0.1, -0.05) is 64.5 Å². The molecular weight excluding hydrogens is 738 g/mol. The fraction of sp³-hybridized carbons (Fsp3) is 0.333. The predicted molar refractivity (Wildman–Crippen MR) is 201 cm³/mol. The molecule has 0 N–H and O–H groups in total. The van der Waals surface area contributed by atoms with Gasteiger partial charge in [-0.15, -0.1) is 0 Å². The van der Waals surface area contributed by atoms with Crippen LogP contribution in [-0.2, 0) is 27.2 Å². The minimum atomic E-state index is -3.35. The standard InChI is InChI=1S/C18H23O4P.C14H13BrO.C4H10ClO3P/c1-5-21-23(19,22-6-2)18-10-8-7-9-17(18)15-11-14(3)12-16(13-15)20-4;1-10-7-11(9-12(8-10)16-2)13-5-3-4-6-14(13)15;1-3-7-9(5,6)8-4-2/h7-13H,5-6H2,1-4H3;3-9H,1-2H3;3-4H2,1-2H3. The highest BCUT2D eigenvalue weighted by molar-refractivity contribution is 9.10. The minimum absolute atomic E-state index is 0.306. The fourth-order valence-electron chi connectivity index (χ4n) is 4.56. The van der Waals surface area contributed by atoms with Crippen LogP contribution in [0.25, 0.3) is 22.3 Å². The molecule has 4 rings (SSSR count). The Morgan fingerprint density at radius 2 is 1.02 bits per heavy atom. The summed E-state index contributed by atoms with van der Waals surface area (Å²) in [7, 11) is -0.0266. The Morgan fingerprint density at radius 1 is 0.604 bits per heavy atom. The summed E-state index contributed by atoms with van der Waals surface area (Å²) in [4.78, 5) is 0. The molecule has 0 saturated heterocycles. The largest absolute Gasteiger partial charge is 0.497 e. The second-order valence-corrected chi connectivity index (χ2v) is 15.5. The Bertz CT molecular complexity index is 1660. The van der Waals surface area contributed by atoms with Crippen LogP contribution in [0, 0.1) is 13.8 Å². The summed E-state index contributed by atoms with van der Waals surface area (Å²) in [6.07, 6.45) is 0. The van der Waals surface area contributed by atoms with Crippen LogP contribution >= 0.6 is 41.7 Å². The second-order valence-electron chi connectivity index (χ2n) is 10.1. The van der Waals surface area contributed by atoms with Crippen LogP contribution in [0.4, 0.5) is 0 Å². The van der Waals surface area contributed by atoms with E-state index in [1.807, 2.05) is 87.5 Å². The lowest BCUT2D eigenvalue weighted by atomic mass is 10.0. The molecule has 4 aromatic rings. The van der Waals surface area contributed by atoms with E-state index in [2.05, 4.69) is 44.0 Å². The highest BCUT2D eigenvalue weighted by Crippen LogP contribution is 2.53. The van der Waals surface area contributed by atoms with Gasteiger partial charge in [0, 0.05) is 15.7 Å². The molecule has 0 aliphatic heterocycles. The molecule has 0 heterocycles. The van der Waals surface area contributed by atoms with Gasteiger partial charge in [-0.2, -0.15) is 0 Å². The molecule has 0 bridgehead atoms. The molecule has 12 heteroatoms. The smallest absolute Gasteiger partial charge is 0.424 e. The Morgan fingerprint density at radius 3 is 1.46 bits per heavy atom. The topological polar surface area (TPSA) is 89.5 Å². The molecule has 0 radical (unpaired) electrons. The summed E-state index contributed by atoms with van der Waals surface area (Å²) in [5.41, 5.74) is 6.38. The lowest BCUT2D eigenvalue weighted by molar-refractivity contribution is 0.230. The van der Waals surface area contributed by atoms with Gasteiger partial charge in [0.15, 0.2) is 0 Å². The van der Waals surface area contributed by atoms with Gasteiger partial charge in [0.2, 0.25) is 0 Å². The molecular formula is C36H46BrClO8P2. The first-order valence-electron chi connectivity index (χ1n) is 15.5. The maximum Gasteiger partial charge on any atom is 0.424 e. The maximum absolute atomic E-state index is 13.2. The summed E-state index contributed by atoms with van der Waals surface area (Å²) < 4.78 is 55.8. The molecule has 0 aromatic heterocycles. The van der Waals surface area contributed by atoms with E-state index in [0.29, 0.717) is 31.7 Å². The van der Waals surface area contributed by atoms with Crippen molar-refractivity contribution in [2.75, 3.05) is 40.6 Å². The van der Waals surface area contributed by atoms with Gasteiger partial charge in [0.1, 0.15) is 11.5 Å². The van der Waals surface area contributed by atoms with E-state index >= 15 is 0 Å². The van der Waals surface area contributed by atoms with Crippen molar-refractivity contribution < 1.29 is 36.7 Å². The highest BCUT2D eigenvalue weighted by atomic mass is 79.9. The van der Waals surface area contributed by atoms with Crippen LogP contribution in [0.15, 0.2) is 89.4 Å². The Hall–Kier alpha value is -2.45. The van der Waals surface area contributed by atoms with Crippen molar-refractivity contribution in [2.45, 2.75) is 41.5 Å². The molecule has 0 unspecified atom stereocenters. The van der Waals surface area contributed by atoms with Gasteiger partial charge in [-0.25, -0.2) is 4.57 Å². The van der Waals surface area contributed by atoms with Crippen molar-refractivity contribution in [1.29, 1.82) is 0 Å². The SMILES string of the molecule is CCOP(=O)(Cl)OCC.CCOP(=O)(OCC)c1ccccc1-c1cc(C)cc(OC)c1.COc1cc(C)cc(-c2ccccc2Br)c1. The van der Waals surface area contributed by atoms with Crippen LogP contribution < -0.4 is 14.8 Å². The number of aryl methyl sites for hydroxylation is 2. The lowest BCUT2D eigenvalue weighted by Gasteiger charge is -2.20. The number of ether oxygens (including phenoxy) is 2. The highest BCUT2D eigenvalue weighted by Gasteiger charge is 2.30. The van der Waals surface area contributed by atoms with E-state index < -0.39 is 14.5 Å². The van der Waals surface area contributed by atoms with Crippen LogP contribution in [-0.4, -0.2) is 40.6 Å². The maximum atomic E-state index is 13.2. The number of benzene rings is 4. The zero-order valence-corrected chi connectivity index (χ0v) is 33.0. The molecule has 0 amide bonds. The molecule has 0 saturated carbocycles. The van der Waals surface area contributed by atoms with E-state index in [4.69, 9.17) is 29.8 Å². The molecule has 8 nitrogen and oxygen atoms in total. The van der Waals surface area contributed by atoms with Crippen molar-refractivity contribution in [3.05, 3.63) is 101 Å². The molecule has 0 aliphatic carbocycles. The molecule has 262 valence electrons. The Kier molecular flexibility index (Phi) is 18.2. The molecule has 0 atom stereocenters. The van der Waals surface area contributed by atoms with Crippen LogP contribution in [0.5, 0.6) is 11.5 Å². The van der Waals surface area contributed by atoms with Gasteiger partial charge in [0.25, 0.3) is 0 Å². The van der Waals surface area contributed by atoms with Crippen molar-refractivity contribution in [1.82, 2.24) is 0 Å². The summed E-state index contributed by atoms with van der Waals surface area (Å²) in [6, 6.07) is 27.8. The lowest BCUT2D eigenvalue weighted by Crippen LogP contribution is -2.13. The Balaban J connectivity index is 0.000000277. The van der Waals surface area contributed by atoms with Gasteiger partial charge in [-0.05, 0) is 111 Å². The Labute approximate surface area is 299 Å². The average molecular weight is 784 g/mol. The first-order chi connectivity index (χ1) is 22.9. The van der Waals surface area contributed by atoms with E-state index in [1.54, 1.807) is 34.1 Å². The first kappa shape index (κ1) is 41.7. The summed E-state index contributed by atoms with van der Waals surface area (Å²) in [5.74, 6) is 1.66. The van der Waals surface area contributed by atoms with Crippen LogP contribution in [0.1, 0.15) is 38.8 Å². The molecule has 0 fully saturated rings. The number of methoxy groups -OCH3 is 2. The quantitative estimate of drug-likeness (QED) is 0.124. The third-order valence-electron chi connectivity index (χ3n) is 6.43. The molecule has 0 spiro atoms. The molecule has 4 aromatic carbocycles. The number of hydrogen-bond acceptors (Lipinski definition) is 8. The van der Waals surface area contributed by atoms with Crippen molar-refractivity contribution in [3.63, 3.8) is 0 Å². The van der Waals surface area contributed by atoms with Gasteiger partial charge < -0.3 is 18.5 Å². The third-order valence-corrected chi connectivity index (χ3v) is 11.0. The van der Waals surface area contributed by atoms with Crippen LogP contribution in [0.2, 0.25) is 0 Å². The number of rotatable bonds is 13. The molecule has 48 heavy (non-hydrogen) atoms. The third kappa shape index (κ3) is 13.1. The van der Waals surface area contributed by atoms with E-state index in [9.17, 15) is 9.13 Å². The van der Waals surface area contributed by atoms with Crippen LogP contribution in [0.3, 0.4) is 0 Å². The number of halogens is 2. The fourth-order valence-corrected chi connectivity index (χ4v) is 8.15. The van der Waals surface area contributed by atoms with Crippen molar-refractivity contribution in [2.24, 2.45) is 0 Å². The van der Waals surface area contributed by atoms with E-state index in [1.165, 1.54) is 16.7 Å². The van der Waals surface area contributed by atoms with E-state index in [-0.39, 0.29) is 0 Å². The first-order valence-corrected chi connectivity index (χ1v) is 20.3. The van der Waals surface area contributed by atoms with Gasteiger partial charge in [-0.3, -0.25) is 13.6 Å². The summed E-state index contributed by atoms with van der Waals surface area (Å²) in [6.45, 7) is 9.13.